The van der Waals surface area contributed by atoms with Crippen molar-refractivity contribution >= 4 is 17.3 Å². The minimum atomic E-state index is -0.574. The van der Waals surface area contributed by atoms with E-state index in [-0.39, 0.29) is 37.0 Å². The molecule has 0 aromatic heterocycles. The summed E-state index contributed by atoms with van der Waals surface area (Å²) in [5, 5.41) is 14.0. The number of rotatable bonds is 8. The van der Waals surface area contributed by atoms with Crippen LogP contribution in [0.1, 0.15) is 22.8 Å². The second kappa shape index (κ2) is 9.25. The number of carbonyl (C=O) groups is 1. The molecule has 0 saturated carbocycles. The van der Waals surface area contributed by atoms with Gasteiger partial charge in [0.25, 0.3) is 5.91 Å². The fourth-order valence-electron chi connectivity index (χ4n) is 3.15. The summed E-state index contributed by atoms with van der Waals surface area (Å²) >= 11 is 0. The summed E-state index contributed by atoms with van der Waals surface area (Å²) in [5.74, 6) is 1.59. The van der Waals surface area contributed by atoms with E-state index in [0.717, 1.165) is 5.56 Å². The van der Waals surface area contributed by atoms with Crippen LogP contribution < -0.4 is 24.3 Å². The summed E-state index contributed by atoms with van der Waals surface area (Å²) in [6.07, 6.45) is 0. The van der Waals surface area contributed by atoms with Crippen LogP contribution in [0.25, 0.3) is 0 Å². The van der Waals surface area contributed by atoms with Crippen LogP contribution in [0.2, 0.25) is 0 Å². The lowest BCUT2D eigenvalue weighted by Gasteiger charge is -2.10. The number of hydrogen-bond acceptors (Lipinski definition) is 7. The van der Waals surface area contributed by atoms with E-state index >= 15 is 0 Å². The van der Waals surface area contributed by atoms with E-state index in [2.05, 4.69) is 5.32 Å². The molecule has 0 saturated heterocycles. The molecule has 0 bridgehead atoms. The summed E-state index contributed by atoms with van der Waals surface area (Å²) in [6.45, 7) is 2.48. The van der Waals surface area contributed by atoms with E-state index in [4.69, 9.17) is 18.9 Å². The maximum absolute atomic E-state index is 12.6. The molecule has 0 unspecified atom stereocenters. The normalized spacial score (nSPS) is 11.7. The van der Waals surface area contributed by atoms with Gasteiger partial charge in [0.15, 0.2) is 17.2 Å². The fourth-order valence-corrected chi connectivity index (χ4v) is 3.15. The van der Waals surface area contributed by atoms with Crippen LogP contribution >= 0.6 is 0 Å². The third-order valence-electron chi connectivity index (χ3n) is 4.65. The summed E-state index contributed by atoms with van der Waals surface area (Å²) < 4.78 is 21.7. The Morgan fingerprint density at radius 1 is 1.06 bits per heavy atom. The first kappa shape index (κ1) is 21.0. The first-order valence-electron chi connectivity index (χ1n) is 9.87. The first-order valence-corrected chi connectivity index (χ1v) is 9.87. The summed E-state index contributed by atoms with van der Waals surface area (Å²) in [7, 11) is 0. The lowest BCUT2D eigenvalue weighted by atomic mass is 10.1. The highest BCUT2D eigenvalue weighted by molar-refractivity contribution is 6.04. The van der Waals surface area contributed by atoms with Crippen molar-refractivity contribution in [1.29, 1.82) is 0 Å². The highest BCUT2D eigenvalue weighted by Crippen LogP contribution is 2.35. The number of amides is 1. The van der Waals surface area contributed by atoms with E-state index in [0.29, 0.717) is 22.9 Å². The van der Waals surface area contributed by atoms with E-state index in [1.54, 1.807) is 43.3 Å². The Morgan fingerprint density at radius 2 is 1.91 bits per heavy atom. The van der Waals surface area contributed by atoms with Gasteiger partial charge in [-0.05, 0) is 48.9 Å². The zero-order valence-electron chi connectivity index (χ0n) is 17.2. The number of nitrogens with one attached hydrogen (secondary N) is 1. The number of nitro benzene ring substituents is 1. The van der Waals surface area contributed by atoms with Crippen LogP contribution in [0, 0.1) is 10.1 Å². The summed E-state index contributed by atoms with van der Waals surface area (Å²) in [6, 6.07) is 16.6. The lowest BCUT2D eigenvalue weighted by molar-refractivity contribution is -0.385. The molecule has 0 aliphatic carbocycles. The average molecular weight is 436 g/mol. The monoisotopic (exact) mass is 436 g/mol. The van der Waals surface area contributed by atoms with Crippen molar-refractivity contribution in [3.05, 3.63) is 81.9 Å². The Morgan fingerprint density at radius 3 is 2.72 bits per heavy atom. The minimum absolute atomic E-state index is 0.122. The highest BCUT2D eigenvalue weighted by atomic mass is 16.7. The molecule has 9 heteroatoms. The smallest absolute Gasteiger partial charge is 0.311 e. The van der Waals surface area contributed by atoms with Crippen molar-refractivity contribution in [1.82, 2.24) is 0 Å². The van der Waals surface area contributed by atoms with Crippen LogP contribution in [-0.4, -0.2) is 24.2 Å². The Balaban J connectivity index is 1.43. The molecule has 1 aliphatic rings. The summed E-state index contributed by atoms with van der Waals surface area (Å²) in [5.41, 5.74) is 1.27. The van der Waals surface area contributed by atoms with Gasteiger partial charge in [-0.1, -0.05) is 12.1 Å². The van der Waals surface area contributed by atoms with Gasteiger partial charge in [0, 0.05) is 23.4 Å². The van der Waals surface area contributed by atoms with Gasteiger partial charge in [0.2, 0.25) is 6.79 Å². The number of carbonyl (C=O) groups excluding carboxylic acids is 1. The van der Waals surface area contributed by atoms with E-state index in [1.165, 1.54) is 18.2 Å². The molecule has 32 heavy (non-hydrogen) atoms. The maximum Gasteiger partial charge on any atom is 0.311 e. The lowest BCUT2D eigenvalue weighted by Crippen LogP contribution is -2.12. The maximum atomic E-state index is 12.6. The fraction of sp³-hybridized carbons (Fsp3) is 0.174. The van der Waals surface area contributed by atoms with Gasteiger partial charge in [-0.3, -0.25) is 14.9 Å². The van der Waals surface area contributed by atoms with Gasteiger partial charge in [0.1, 0.15) is 12.4 Å². The van der Waals surface area contributed by atoms with Crippen molar-refractivity contribution in [3.63, 3.8) is 0 Å². The molecule has 3 aromatic carbocycles. The number of hydrogen-bond donors (Lipinski definition) is 1. The van der Waals surface area contributed by atoms with Crippen molar-refractivity contribution in [2.75, 3.05) is 18.7 Å². The number of fused-ring (bicyclic) bond motifs is 1. The summed E-state index contributed by atoms with van der Waals surface area (Å²) in [4.78, 5) is 23.3. The molecule has 0 radical (unpaired) electrons. The standard InChI is InChI=1S/C23H20N2O7/c1-2-29-20-8-6-16(11-19(20)25(27)28)23(26)24-17-5-3-4-15(10-17)13-30-18-7-9-21-22(12-18)32-14-31-21/h3-12H,2,13-14H2,1H3,(H,24,26). The van der Waals surface area contributed by atoms with E-state index in [9.17, 15) is 14.9 Å². The molecular formula is C23H20N2O7. The molecular weight excluding hydrogens is 416 g/mol. The SMILES string of the molecule is CCOc1ccc(C(=O)Nc2cccc(COc3ccc4c(c3)OCO4)c2)cc1[N+](=O)[O-]. The quantitative estimate of drug-likeness (QED) is 0.407. The van der Waals surface area contributed by atoms with E-state index in [1.807, 2.05) is 6.07 Å². The molecule has 0 spiro atoms. The van der Waals surface area contributed by atoms with Crippen LogP contribution in [0.5, 0.6) is 23.0 Å². The predicted octanol–water partition coefficient (Wildman–Crippen LogP) is 4.55. The van der Waals surface area contributed by atoms with E-state index < -0.39 is 10.8 Å². The van der Waals surface area contributed by atoms with Crippen LogP contribution in [0.15, 0.2) is 60.7 Å². The number of nitrogens with zero attached hydrogens (tertiary/aromatic N) is 1. The molecule has 0 fully saturated rings. The molecule has 4 rings (SSSR count). The molecule has 9 nitrogen and oxygen atoms in total. The first-order chi connectivity index (χ1) is 15.5. The average Bonchev–Trinajstić information content (AvgIpc) is 3.26. The number of ether oxygens (including phenoxy) is 4. The number of nitro groups is 1. The molecule has 1 amide bonds. The van der Waals surface area contributed by atoms with Crippen molar-refractivity contribution in [3.8, 4) is 23.0 Å². The van der Waals surface area contributed by atoms with Crippen LogP contribution in [0.3, 0.4) is 0 Å². The third-order valence-corrected chi connectivity index (χ3v) is 4.65. The number of anilines is 1. The Hall–Kier alpha value is -4.27. The third kappa shape index (κ3) is 4.72. The van der Waals surface area contributed by atoms with Gasteiger partial charge in [-0.2, -0.15) is 0 Å². The van der Waals surface area contributed by atoms with Crippen LogP contribution in [0.4, 0.5) is 11.4 Å². The Labute approximate surface area is 183 Å². The van der Waals surface area contributed by atoms with Crippen molar-refractivity contribution in [2.24, 2.45) is 0 Å². The largest absolute Gasteiger partial charge is 0.489 e. The van der Waals surface area contributed by atoms with Gasteiger partial charge in [0.05, 0.1) is 11.5 Å². The zero-order valence-corrected chi connectivity index (χ0v) is 17.2. The topological polar surface area (TPSA) is 109 Å². The molecule has 164 valence electrons. The van der Waals surface area contributed by atoms with Gasteiger partial charge in [-0.15, -0.1) is 0 Å². The number of benzene rings is 3. The molecule has 1 aliphatic heterocycles. The molecule has 1 N–H and O–H groups in total. The highest BCUT2D eigenvalue weighted by Gasteiger charge is 2.19. The van der Waals surface area contributed by atoms with Crippen molar-refractivity contribution < 1.29 is 28.7 Å². The Kier molecular flexibility index (Phi) is 6.07. The minimum Gasteiger partial charge on any atom is -0.489 e. The van der Waals surface area contributed by atoms with Crippen molar-refractivity contribution in [2.45, 2.75) is 13.5 Å². The molecule has 1 heterocycles. The second-order valence-electron chi connectivity index (χ2n) is 6.83. The van der Waals surface area contributed by atoms with Gasteiger partial charge in [-0.25, -0.2) is 0 Å². The second-order valence-corrected chi connectivity index (χ2v) is 6.83. The zero-order chi connectivity index (χ0) is 22.5. The van der Waals surface area contributed by atoms with Gasteiger partial charge < -0.3 is 24.3 Å². The van der Waals surface area contributed by atoms with Gasteiger partial charge >= 0.3 is 5.69 Å². The predicted molar refractivity (Wildman–Crippen MR) is 116 cm³/mol. The molecule has 0 atom stereocenters. The molecule has 3 aromatic rings. The van der Waals surface area contributed by atoms with Crippen LogP contribution in [-0.2, 0) is 6.61 Å². The Bertz CT molecular complexity index is 1160.